The van der Waals surface area contributed by atoms with Gasteiger partial charge in [-0.1, -0.05) is 19.9 Å². The first kappa shape index (κ1) is 12.7. The molecule has 3 aliphatic rings. The van der Waals surface area contributed by atoms with Crippen LogP contribution in [0.25, 0.3) is 0 Å². The van der Waals surface area contributed by atoms with Gasteiger partial charge < -0.3 is 4.74 Å². The second-order valence-corrected chi connectivity index (χ2v) is 7.15. The number of carbonyl (C=O) groups excluding carboxylic acids is 1. The van der Waals surface area contributed by atoms with Crippen LogP contribution in [0.15, 0.2) is 11.6 Å². The minimum atomic E-state index is -0.396. The van der Waals surface area contributed by atoms with Crippen LogP contribution in [0.5, 0.6) is 0 Å². The van der Waals surface area contributed by atoms with Crippen LogP contribution in [0, 0.1) is 22.7 Å². The Balaban J connectivity index is 1.93. The normalized spacial score (nSPS) is 30.3. The molecule has 2 bridgehead atoms. The van der Waals surface area contributed by atoms with Crippen molar-refractivity contribution in [2.75, 3.05) is 6.61 Å². The maximum absolute atomic E-state index is 11.7. The summed E-state index contributed by atoms with van der Waals surface area (Å²) >= 11 is 0. The molecule has 0 amide bonds. The molecule has 17 heavy (non-hydrogen) atoms. The van der Waals surface area contributed by atoms with Crippen LogP contribution in [0.3, 0.4) is 0 Å². The summed E-state index contributed by atoms with van der Waals surface area (Å²) in [6.45, 7) is 10.9. The molecule has 2 nitrogen and oxygen atoms in total. The van der Waals surface area contributed by atoms with E-state index in [4.69, 9.17) is 4.74 Å². The first-order valence-corrected chi connectivity index (χ1v) is 6.59. The molecule has 96 valence electrons. The molecule has 0 aliphatic heterocycles. The lowest BCUT2D eigenvalue weighted by atomic mass is 9.49. The maximum atomic E-state index is 11.7. The number of carbonyl (C=O) groups is 1. The number of allylic oxidation sites excluding steroid dienone is 1. The number of hydrogen-bond acceptors (Lipinski definition) is 2. The summed E-state index contributed by atoms with van der Waals surface area (Å²) in [7, 11) is 0. The zero-order valence-electron chi connectivity index (χ0n) is 11.7. The second kappa shape index (κ2) is 3.86. The van der Waals surface area contributed by atoms with Gasteiger partial charge in [0, 0.05) is 0 Å². The van der Waals surface area contributed by atoms with E-state index in [1.165, 1.54) is 12.0 Å². The fraction of sp³-hybridized carbons (Fsp3) is 0.800. The lowest BCUT2D eigenvalue weighted by Gasteiger charge is -2.56. The molecule has 0 aromatic carbocycles. The summed E-state index contributed by atoms with van der Waals surface area (Å²) in [5, 5.41) is 0. The van der Waals surface area contributed by atoms with Crippen LogP contribution in [0.2, 0.25) is 0 Å². The van der Waals surface area contributed by atoms with E-state index in [0.29, 0.717) is 17.9 Å². The highest BCUT2D eigenvalue weighted by molar-refractivity contribution is 5.75. The van der Waals surface area contributed by atoms with Gasteiger partial charge in [0.1, 0.15) is 6.61 Å². The van der Waals surface area contributed by atoms with E-state index in [-0.39, 0.29) is 5.97 Å². The molecule has 1 fully saturated rings. The number of fused-ring (bicyclic) bond motifs is 1. The molecule has 0 N–H and O–H groups in total. The summed E-state index contributed by atoms with van der Waals surface area (Å²) in [5.74, 6) is 1.38. The van der Waals surface area contributed by atoms with Crippen LogP contribution < -0.4 is 0 Å². The molecular weight excluding hydrogens is 212 g/mol. The van der Waals surface area contributed by atoms with E-state index in [1.54, 1.807) is 0 Å². The van der Waals surface area contributed by atoms with Crippen molar-refractivity contribution in [3.63, 3.8) is 0 Å². The lowest BCUT2D eigenvalue weighted by Crippen LogP contribution is -2.48. The van der Waals surface area contributed by atoms with Gasteiger partial charge in [-0.15, -0.1) is 0 Å². The Morgan fingerprint density at radius 3 is 2.59 bits per heavy atom. The molecular formula is C15H24O2. The van der Waals surface area contributed by atoms with E-state index < -0.39 is 5.41 Å². The van der Waals surface area contributed by atoms with Crippen LogP contribution >= 0.6 is 0 Å². The standard InChI is InChI=1S/C15H24O2/c1-14(2,3)13(16)17-9-10-6-7-11-8-12(10)15(11,4)5/h6,11-12H,7-9H2,1-5H3/t11-,12-/m0/s1. The predicted molar refractivity (Wildman–Crippen MR) is 68.5 cm³/mol. The van der Waals surface area contributed by atoms with E-state index in [9.17, 15) is 4.79 Å². The average molecular weight is 236 g/mol. The van der Waals surface area contributed by atoms with Crippen molar-refractivity contribution in [3.8, 4) is 0 Å². The van der Waals surface area contributed by atoms with Crippen molar-refractivity contribution in [1.82, 2.24) is 0 Å². The Labute approximate surface area is 104 Å². The molecule has 3 aliphatic carbocycles. The van der Waals surface area contributed by atoms with Gasteiger partial charge in [-0.25, -0.2) is 0 Å². The van der Waals surface area contributed by atoms with Crippen LogP contribution in [0.1, 0.15) is 47.5 Å². The largest absolute Gasteiger partial charge is 0.461 e. The second-order valence-electron chi connectivity index (χ2n) is 7.15. The van der Waals surface area contributed by atoms with Crippen molar-refractivity contribution in [2.45, 2.75) is 47.5 Å². The summed E-state index contributed by atoms with van der Waals surface area (Å²) in [4.78, 5) is 11.7. The molecule has 2 heteroatoms. The zero-order chi connectivity index (χ0) is 12.8. The first-order valence-electron chi connectivity index (χ1n) is 6.59. The number of hydrogen-bond donors (Lipinski definition) is 0. The summed E-state index contributed by atoms with van der Waals surface area (Å²) in [5.41, 5.74) is 1.36. The van der Waals surface area contributed by atoms with E-state index in [2.05, 4.69) is 19.9 Å². The minimum Gasteiger partial charge on any atom is -0.461 e. The van der Waals surface area contributed by atoms with Gasteiger partial charge in [-0.2, -0.15) is 0 Å². The van der Waals surface area contributed by atoms with E-state index in [1.807, 2.05) is 20.8 Å². The number of ether oxygens (including phenoxy) is 1. The van der Waals surface area contributed by atoms with E-state index >= 15 is 0 Å². The van der Waals surface area contributed by atoms with Gasteiger partial charge in [0.2, 0.25) is 0 Å². The molecule has 0 heterocycles. The van der Waals surface area contributed by atoms with Crippen molar-refractivity contribution in [1.29, 1.82) is 0 Å². The molecule has 0 unspecified atom stereocenters. The van der Waals surface area contributed by atoms with Crippen molar-refractivity contribution in [2.24, 2.45) is 22.7 Å². The van der Waals surface area contributed by atoms with Gasteiger partial charge in [0.05, 0.1) is 5.41 Å². The molecule has 0 saturated heterocycles. The lowest BCUT2D eigenvalue weighted by molar-refractivity contribution is -0.152. The Morgan fingerprint density at radius 1 is 1.47 bits per heavy atom. The highest BCUT2D eigenvalue weighted by atomic mass is 16.5. The molecule has 0 spiro atoms. The Hall–Kier alpha value is -0.790. The van der Waals surface area contributed by atoms with E-state index in [0.717, 1.165) is 12.3 Å². The first-order chi connectivity index (χ1) is 7.73. The summed E-state index contributed by atoms with van der Waals surface area (Å²) < 4.78 is 5.43. The highest BCUT2D eigenvalue weighted by Crippen LogP contribution is 2.59. The molecule has 0 aromatic rings. The highest BCUT2D eigenvalue weighted by Gasteiger charge is 2.51. The minimum absolute atomic E-state index is 0.0994. The Bertz CT molecular complexity index is 358. The van der Waals surface area contributed by atoms with Crippen LogP contribution in [0.4, 0.5) is 0 Å². The number of esters is 1. The van der Waals surface area contributed by atoms with Crippen molar-refractivity contribution in [3.05, 3.63) is 11.6 Å². The summed E-state index contributed by atoms with van der Waals surface area (Å²) in [6.07, 6.45) is 4.73. The topological polar surface area (TPSA) is 26.3 Å². The smallest absolute Gasteiger partial charge is 0.311 e. The quantitative estimate of drug-likeness (QED) is 0.541. The zero-order valence-corrected chi connectivity index (χ0v) is 11.7. The van der Waals surface area contributed by atoms with Crippen LogP contribution in [-0.2, 0) is 9.53 Å². The molecule has 0 aromatic heterocycles. The monoisotopic (exact) mass is 236 g/mol. The summed E-state index contributed by atoms with van der Waals surface area (Å²) in [6, 6.07) is 0. The maximum Gasteiger partial charge on any atom is 0.311 e. The van der Waals surface area contributed by atoms with Gasteiger partial charge in [-0.05, 0) is 56.4 Å². The molecule has 2 atom stereocenters. The van der Waals surface area contributed by atoms with Gasteiger partial charge in [-0.3, -0.25) is 4.79 Å². The third-order valence-electron chi connectivity index (χ3n) is 4.56. The van der Waals surface area contributed by atoms with Gasteiger partial charge in [0.25, 0.3) is 0 Å². The third kappa shape index (κ3) is 2.14. The number of rotatable bonds is 2. The fourth-order valence-corrected chi connectivity index (χ4v) is 3.01. The Morgan fingerprint density at radius 2 is 2.12 bits per heavy atom. The Kier molecular flexibility index (Phi) is 2.87. The third-order valence-corrected chi connectivity index (χ3v) is 4.56. The average Bonchev–Trinajstić information content (AvgIpc) is 2.24. The van der Waals surface area contributed by atoms with Crippen molar-refractivity contribution >= 4 is 5.97 Å². The predicted octanol–water partition coefficient (Wildman–Crippen LogP) is 3.57. The SMILES string of the molecule is CC(C)(C)C(=O)OCC1=CC[C@H]2C[C@@H]1C2(C)C. The van der Waals surface area contributed by atoms with Gasteiger partial charge >= 0.3 is 5.97 Å². The molecule has 0 radical (unpaired) electrons. The molecule has 1 saturated carbocycles. The molecule has 3 rings (SSSR count). The van der Waals surface area contributed by atoms with Crippen LogP contribution in [-0.4, -0.2) is 12.6 Å². The fourth-order valence-electron chi connectivity index (χ4n) is 3.01. The van der Waals surface area contributed by atoms with Gasteiger partial charge in [0.15, 0.2) is 0 Å². The van der Waals surface area contributed by atoms with Crippen molar-refractivity contribution < 1.29 is 9.53 Å².